The molecule has 0 rings (SSSR count). The lowest BCUT2D eigenvalue weighted by Crippen LogP contribution is -2.30. The van der Waals surface area contributed by atoms with Gasteiger partial charge in [-0.3, -0.25) is 23.4 Å². The number of aliphatic hydroxyl groups is 1. The molecule has 0 aromatic carbocycles. The van der Waals surface area contributed by atoms with Gasteiger partial charge in [0.05, 0.1) is 26.2 Å². The van der Waals surface area contributed by atoms with Crippen molar-refractivity contribution in [3.8, 4) is 0 Å². The number of carbonyl (C=O) groups is 3. The molecule has 0 saturated carbocycles. The van der Waals surface area contributed by atoms with Gasteiger partial charge >= 0.3 is 25.7 Å². The van der Waals surface area contributed by atoms with Gasteiger partial charge in [-0.1, -0.05) is 218 Å². The van der Waals surface area contributed by atoms with Crippen LogP contribution in [0.3, 0.4) is 0 Å². The Morgan fingerprint density at radius 1 is 0.385 bits per heavy atom. The smallest absolute Gasteiger partial charge is 0.462 e. The molecule has 2 N–H and O–H groups in total. The number of hydrogen-bond donors (Lipinski definition) is 2. The Hall–Kier alpha value is -4.64. The van der Waals surface area contributed by atoms with Crippen LogP contribution in [0, 0.1) is 0 Å². The summed E-state index contributed by atoms with van der Waals surface area (Å²) in [4.78, 5) is 48.6. The third-order valence-electron chi connectivity index (χ3n) is 11.8. The minimum Gasteiger partial charge on any atom is -0.462 e. The number of carbonyl (C=O) groups excluding carboxylic acids is 3. The summed E-state index contributed by atoms with van der Waals surface area (Å²) in [7, 11) is -4.80. The van der Waals surface area contributed by atoms with Crippen LogP contribution >= 0.6 is 7.82 Å². The van der Waals surface area contributed by atoms with Crippen LogP contribution in [0.2, 0.25) is 0 Å². The first-order valence-corrected chi connectivity index (χ1v) is 31.2. The summed E-state index contributed by atoms with van der Waals surface area (Å²) in [6.45, 7) is 4.22. The Balaban J connectivity index is 4.90. The molecule has 0 amide bonds. The number of rotatable bonds is 53. The van der Waals surface area contributed by atoms with E-state index >= 15 is 0 Å². The van der Waals surface area contributed by atoms with Crippen molar-refractivity contribution in [2.45, 2.75) is 226 Å². The number of hydrogen-bond acceptors (Lipinski definition) is 10. The van der Waals surface area contributed by atoms with Crippen molar-refractivity contribution in [2.75, 3.05) is 26.4 Å². The van der Waals surface area contributed by atoms with Gasteiger partial charge in [-0.25, -0.2) is 4.57 Å². The molecule has 3 atom stereocenters. The number of esters is 3. The van der Waals surface area contributed by atoms with Crippen molar-refractivity contribution in [3.05, 3.63) is 146 Å². The normalized spacial score (nSPS) is 14.4. The number of unbranched alkanes of at least 4 members (excludes halogenated alkanes) is 13. The van der Waals surface area contributed by atoms with E-state index in [0.29, 0.717) is 19.3 Å². The number of ether oxygens (including phenoxy) is 3. The van der Waals surface area contributed by atoms with Crippen molar-refractivity contribution < 1.29 is 52.2 Å². The summed E-state index contributed by atoms with van der Waals surface area (Å²) >= 11 is 0. The number of phosphoric ester groups is 1. The predicted octanol–water partition coefficient (Wildman–Crippen LogP) is 17.9. The predicted molar refractivity (Wildman–Crippen MR) is 325 cm³/mol. The molecule has 3 unspecified atom stereocenters. The van der Waals surface area contributed by atoms with Gasteiger partial charge < -0.3 is 24.2 Å². The first-order chi connectivity index (χ1) is 38.2. The van der Waals surface area contributed by atoms with E-state index in [4.69, 9.17) is 23.3 Å². The molecule has 0 bridgehead atoms. The molecular formula is C66H105O11P. The monoisotopic (exact) mass is 1100 g/mol. The highest BCUT2D eigenvalue weighted by Gasteiger charge is 2.28. The maximum atomic E-state index is 12.9. The van der Waals surface area contributed by atoms with E-state index < -0.39 is 57.8 Å². The van der Waals surface area contributed by atoms with Crippen LogP contribution in [0.1, 0.15) is 213 Å². The lowest BCUT2D eigenvalue weighted by atomic mass is 10.1. The van der Waals surface area contributed by atoms with E-state index in [9.17, 15) is 28.9 Å². The molecule has 0 aliphatic heterocycles. The summed E-state index contributed by atoms with van der Waals surface area (Å²) in [6, 6.07) is 0. The highest BCUT2D eigenvalue weighted by Crippen LogP contribution is 2.43. The SMILES string of the molecule is CC/C=C\C/C=C\C/C=C\C/C=C\C/C=C\CCCCCC(=O)OC(COC(=O)CCCCCCCCC/C=C\C/C=C\CCCCC)COP(=O)(O)OCC(CO)OC(=O)C/C=C\C/C=C\C/C=C\C/C=C\C/C=C\CC. The molecule has 78 heavy (non-hydrogen) atoms. The van der Waals surface area contributed by atoms with Crippen LogP contribution in [0.4, 0.5) is 0 Å². The van der Waals surface area contributed by atoms with Crippen LogP contribution in [0.15, 0.2) is 146 Å². The Labute approximate surface area is 473 Å². The van der Waals surface area contributed by atoms with Gasteiger partial charge in [0, 0.05) is 12.8 Å². The van der Waals surface area contributed by atoms with Gasteiger partial charge in [-0.05, 0) is 122 Å². The summed E-state index contributed by atoms with van der Waals surface area (Å²) < 4.78 is 39.4. The lowest BCUT2D eigenvalue weighted by molar-refractivity contribution is -0.161. The zero-order valence-corrected chi connectivity index (χ0v) is 49.5. The highest BCUT2D eigenvalue weighted by atomic mass is 31.2. The van der Waals surface area contributed by atoms with Gasteiger partial charge in [0.1, 0.15) is 12.7 Å². The van der Waals surface area contributed by atoms with E-state index in [1.165, 1.54) is 38.5 Å². The molecule has 0 aromatic heterocycles. The molecule has 0 aliphatic carbocycles. The van der Waals surface area contributed by atoms with Gasteiger partial charge in [-0.15, -0.1) is 0 Å². The number of allylic oxidation sites excluding steroid dienone is 23. The Morgan fingerprint density at radius 3 is 1.14 bits per heavy atom. The van der Waals surface area contributed by atoms with Gasteiger partial charge in [0.2, 0.25) is 0 Å². The quantitative estimate of drug-likeness (QED) is 0.0197. The standard InChI is InChI=1S/C66H105O11P/c1-4-7-10-13-16-19-22-25-28-30-31-33-36-39-42-45-48-51-54-57-66(70)77-63(59-73-64(68)55-52-49-46-43-40-37-35-32-29-26-23-20-17-14-11-8-5-2)61-75-78(71,72)74-60-62(58-67)76-65(69)56-53-50-47-44-41-38-34-27-24-21-18-15-12-9-6-3/h7,9-10,12,16-21,25-29,31,33-34,39,41-42,44,50,53,62-63,67H,4-6,8,11,13-15,22-24,30,32,35-38,40,43,45-49,51-52,54-61H2,1-3H3,(H,71,72)/b10-7-,12-9-,19-16-,20-17-,21-18-,28-25-,29-26-,33-31-,34-27-,42-39-,44-41-,53-50-. The summed E-state index contributed by atoms with van der Waals surface area (Å²) in [5.41, 5.74) is 0. The fourth-order valence-electron chi connectivity index (χ4n) is 7.31. The third kappa shape index (κ3) is 56.1. The first-order valence-electron chi connectivity index (χ1n) is 29.7. The first kappa shape index (κ1) is 73.4. The van der Waals surface area contributed by atoms with Gasteiger partial charge in [0.15, 0.2) is 6.10 Å². The van der Waals surface area contributed by atoms with E-state index in [-0.39, 0.29) is 25.9 Å². The van der Waals surface area contributed by atoms with Crippen LogP contribution in [-0.4, -0.2) is 66.5 Å². The van der Waals surface area contributed by atoms with Crippen LogP contribution in [0.5, 0.6) is 0 Å². The largest absolute Gasteiger partial charge is 0.472 e. The molecule has 0 aromatic rings. The average Bonchev–Trinajstić information content (AvgIpc) is 3.43. The maximum Gasteiger partial charge on any atom is 0.472 e. The van der Waals surface area contributed by atoms with E-state index in [1.54, 1.807) is 6.08 Å². The lowest BCUT2D eigenvalue weighted by Gasteiger charge is -2.21. The van der Waals surface area contributed by atoms with Crippen molar-refractivity contribution in [1.29, 1.82) is 0 Å². The number of aliphatic hydroxyl groups excluding tert-OH is 1. The van der Waals surface area contributed by atoms with E-state index in [1.807, 2.05) is 18.2 Å². The number of phosphoric acid groups is 1. The minimum atomic E-state index is -4.80. The van der Waals surface area contributed by atoms with E-state index in [0.717, 1.165) is 116 Å². The van der Waals surface area contributed by atoms with Crippen LogP contribution in [0.25, 0.3) is 0 Å². The van der Waals surface area contributed by atoms with Crippen molar-refractivity contribution in [1.82, 2.24) is 0 Å². The Morgan fingerprint density at radius 2 is 0.718 bits per heavy atom. The molecule has 12 heteroatoms. The molecule has 440 valence electrons. The second kappa shape index (κ2) is 58.5. The topological polar surface area (TPSA) is 155 Å². The zero-order valence-electron chi connectivity index (χ0n) is 48.6. The van der Waals surface area contributed by atoms with Crippen molar-refractivity contribution in [3.63, 3.8) is 0 Å². The Bertz CT molecular complexity index is 1860. The third-order valence-corrected chi connectivity index (χ3v) is 12.7. The fraction of sp³-hybridized carbons (Fsp3) is 0.591. The summed E-state index contributed by atoms with van der Waals surface area (Å²) in [6.07, 6.45) is 75.4. The summed E-state index contributed by atoms with van der Waals surface area (Å²) in [5, 5.41) is 9.80. The molecule has 0 saturated heterocycles. The van der Waals surface area contributed by atoms with Gasteiger partial charge in [0.25, 0.3) is 0 Å². The van der Waals surface area contributed by atoms with Crippen molar-refractivity contribution >= 4 is 25.7 Å². The average molecular weight is 1110 g/mol. The molecule has 11 nitrogen and oxygen atoms in total. The molecule has 0 fully saturated rings. The van der Waals surface area contributed by atoms with Crippen LogP contribution in [-0.2, 0) is 42.2 Å². The molecule has 0 heterocycles. The van der Waals surface area contributed by atoms with Crippen LogP contribution < -0.4 is 0 Å². The van der Waals surface area contributed by atoms with Gasteiger partial charge in [-0.2, -0.15) is 0 Å². The second-order valence-electron chi connectivity index (χ2n) is 19.1. The minimum absolute atomic E-state index is 0.0659. The fourth-order valence-corrected chi connectivity index (χ4v) is 8.09. The van der Waals surface area contributed by atoms with Crippen molar-refractivity contribution in [2.24, 2.45) is 0 Å². The molecule has 0 radical (unpaired) electrons. The molecule has 0 spiro atoms. The maximum absolute atomic E-state index is 12.9. The molecule has 0 aliphatic rings. The summed E-state index contributed by atoms with van der Waals surface area (Å²) in [5.74, 6) is -1.67. The second-order valence-corrected chi connectivity index (χ2v) is 20.5. The van der Waals surface area contributed by atoms with E-state index in [2.05, 4.69) is 142 Å². The Kier molecular flexibility index (Phi) is 55.0. The zero-order chi connectivity index (χ0) is 56.9. The molecular weight excluding hydrogens is 1000 g/mol. The highest BCUT2D eigenvalue weighted by molar-refractivity contribution is 7.47.